The maximum atomic E-state index is 13.1. The summed E-state index contributed by atoms with van der Waals surface area (Å²) in [5, 5.41) is 0.832. The normalized spacial score (nSPS) is 12.5. The molecule has 1 unspecified atom stereocenters. The highest BCUT2D eigenvalue weighted by molar-refractivity contribution is 9.09. The van der Waals surface area contributed by atoms with Gasteiger partial charge in [-0.05, 0) is 41.8 Å². The van der Waals surface area contributed by atoms with Crippen molar-refractivity contribution in [2.24, 2.45) is 0 Å². The van der Waals surface area contributed by atoms with Crippen LogP contribution in [0.1, 0.15) is 17.3 Å². The number of fused-ring (bicyclic) bond motifs is 1. The summed E-state index contributed by atoms with van der Waals surface area (Å²) in [6, 6.07) is 13.3. The van der Waals surface area contributed by atoms with E-state index in [4.69, 9.17) is 4.42 Å². The molecule has 0 saturated carbocycles. The van der Waals surface area contributed by atoms with Gasteiger partial charge in [-0.25, -0.2) is 9.18 Å². The summed E-state index contributed by atoms with van der Waals surface area (Å²) in [5.41, 5.74) is 2.68. The van der Waals surface area contributed by atoms with E-state index in [-0.39, 0.29) is 10.6 Å². The second-order valence-electron chi connectivity index (χ2n) is 4.86. The van der Waals surface area contributed by atoms with Crippen molar-refractivity contribution in [2.75, 3.05) is 0 Å². The molecule has 21 heavy (non-hydrogen) atoms. The van der Waals surface area contributed by atoms with Crippen LogP contribution >= 0.6 is 15.9 Å². The lowest BCUT2D eigenvalue weighted by Crippen LogP contribution is -1.99. The smallest absolute Gasteiger partial charge is 0.336 e. The molecule has 0 bridgehead atoms. The van der Waals surface area contributed by atoms with Crippen molar-refractivity contribution >= 4 is 26.9 Å². The van der Waals surface area contributed by atoms with Gasteiger partial charge < -0.3 is 4.42 Å². The number of rotatable bonds is 2. The topological polar surface area (TPSA) is 30.2 Å². The second-order valence-corrected chi connectivity index (χ2v) is 6.23. The number of hydrogen-bond acceptors (Lipinski definition) is 2. The molecule has 106 valence electrons. The molecular formula is C17H12BrFO2. The Kier molecular flexibility index (Phi) is 3.64. The highest BCUT2D eigenvalue weighted by atomic mass is 79.9. The average Bonchev–Trinajstić information content (AvgIpc) is 2.46. The predicted octanol–water partition coefficient (Wildman–Crippen LogP) is 5.06. The van der Waals surface area contributed by atoms with Crippen molar-refractivity contribution in [3.63, 3.8) is 0 Å². The third-order valence-corrected chi connectivity index (χ3v) is 3.91. The van der Waals surface area contributed by atoms with Crippen LogP contribution in [0.25, 0.3) is 22.1 Å². The van der Waals surface area contributed by atoms with Gasteiger partial charge in [0.05, 0.1) is 0 Å². The predicted molar refractivity (Wildman–Crippen MR) is 85.2 cm³/mol. The first-order chi connectivity index (χ1) is 10.0. The van der Waals surface area contributed by atoms with Gasteiger partial charge in [0.15, 0.2) is 0 Å². The Bertz CT molecular complexity index is 851. The minimum Gasteiger partial charge on any atom is -0.423 e. The van der Waals surface area contributed by atoms with Gasteiger partial charge in [-0.15, -0.1) is 0 Å². The van der Waals surface area contributed by atoms with E-state index >= 15 is 0 Å². The van der Waals surface area contributed by atoms with Gasteiger partial charge >= 0.3 is 5.63 Å². The molecule has 0 amide bonds. The fourth-order valence-electron chi connectivity index (χ4n) is 2.30. The molecule has 2 aromatic carbocycles. The molecule has 0 N–H and O–H groups in total. The van der Waals surface area contributed by atoms with Gasteiger partial charge in [0.25, 0.3) is 0 Å². The van der Waals surface area contributed by atoms with Crippen molar-refractivity contribution in [3.8, 4) is 11.1 Å². The van der Waals surface area contributed by atoms with E-state index in [0.717, 1.165) is 22.1 Å². The van der Waals surface area contributed by atoms with Gasteiger partial charge in [-0.3, -0.25) is 0 Å². The molecule has 0 aliphatic heterocycles. The van der Waals surface area contributed by atoms with E-state index in [1.165, 1.54) is 18.2 Å². The molecular weight excluding hydrogens is 335 g/mol. The van der Waals surface area contributed by atoms with Crippen LogP contribution in [-0.2, 0) is 0 Å². The minimum atomic E-state index is -0.416. The molecule has 3 aromatic rings. The molecule has 0 saturated heterocycles. The highest BCUT2D eigenvalue weighted by Gasteiger charge is 2.10. The molecule has 0 aliphatic carbocycles. The zero-order chi connectivity index (χ0) is 15.0. The van der Waals surface area contributed by atoms with Crippen LogP contribution in [-0.4, -0.2) is 0 Å². The van der Waals surface area contributed by atoms with Gasteiger partial charge in [-0.2, -0.15) is 0 Å². The maximum Gasteiger partial charge on any atom is 0.336 e. The lowest BCUT2D eigenvalue weighted by molar-refractivity contribution is 0.561. The molecule has 0 fully saturated rings. The fourth-order valence-corrected chi connectivity index (χ4v) is 2.58. The summed E-state index contributed by atoms with van der Waals surface area (Å²) in [6.07, 6.45) is 0. The molecule has 4 heteroatoms. The lowest BCUT2D eigenvalue weighted by atomic mass is 10.0. The summed E-state index contributed by atoms with van der Waals surface area (Å²) in [4.78, 5) is 11.9. The Labute approximate surface area is 129 Å². The quantitative estimate of drug-likeness (QED) is 0.479. The molecule has 0 spiro atoms. The van der Waals surface area contributed by atoms with Crippen LogP contribution in [0.3, 0.4) is 0 Å². The first-order valence-electron chi connectivity index (χ1n) is 6.52. The number of alkyl halides is 1. The third kappa shape index (κ3) is 2.76. The summed E-state index contributed by atoms with van der Waals surface area (Å²) in [6.45, 7) is 2.00. The van der Waals surface area contributed by atoms with E-state index in [0.29, 0.717) is 5.58 Å². The summed E-state index contributed by atoms with van der Waals surface area (Å²) >= 11 is 3.50. The van der Waals surface area contributed by atoms with Crippen LogP contribution in [0, 0.1) is 5.82 Å². The summed E-state index contributed by atoms with van der Waals surface area (Å²) in [7, 11) is 0. The summed E-state index contributed by atoms with van der Waals surface area (Å²) < 4.78 is 18.3. The average molecular weight is 347 g/mol. The number of benzene rings is 2. The molecule has 1 atom stereocenters. The van der Waals surface area contributed by atoms with E-state index in [1.54, 1.807) is 12.1 Å². The van der Waals surface area contributed by atoms with Crippen LogP contribution in [0.2, 0.25) is 0 Å². The van der Waals surface area contributed by atoms with E-state index in [1.807, 2.05) is 25.1 Å². The Morgan fingerprint density at radius 3 is 2.48 bits per heavy atom. The Hall–Kier alpha value is -1.94. The molecule has 0 aliphatic rings. The van der Waals surface area contributed by atoms with Gasteiger partial charge in [0, 0.05) is 16.3 Å². The first-order valence-corrected chi connectivity index (χ1v) is 7.44. The molecule has 2 nitrogen and oxygen atoms in total. The monoisotopic (exact) mass is 346 g/mol. The molecule has 0 radical (unpaired) electrons. The van der Waals surface area contributed by atoms with Crippen molar-refractivity contribution in [1.29, 1.82) is 0 Å². The van der Waals surface area contributed by atoms with E-state index < -0.39 is 5.63 Å². The van der Waals surface area contributed by atoms with E-state index in [2.05, 4.69) is 15.9 Å². The SMILES string of the molecule is CC(Br)c1ccc2c(-c3ccc(F)cc3)cc(=O)oc2c1. The van der Waals surface area contributed by atoms with Crippen molar-refractivity contribution in [3.05, 3.63) is 70.3 Å². The Balaban J connectivity index is 2.27. The Morgan fingerprint density at radius 2 is 1.81 bits per heavy atom. The van der Waals surface area contributed by atoms with Gasteiger partial charge in [-0.1, -0.05) is 40.2 Å². The second kappa shape index (κ2) is 5.45. The highest BCUT2D eigenvalue weighted by Crippen LogP contribution is 2.30. The Morgan fingerprint density at radius 1 is 1.10 bits per heavy atom. The zero-order valence-electron chi connectivity index (χ0n) is 11.3. The van der Waals surface area contributed by atoms with Crippen molar-refractivity contribution < 1.29 is 8.81 Å². The lowest BCUT2D eigenvalue weighted by Gasteiger charge is -2.08. The summed E-state index contributed by atoms with van der Waals surface area (Å²) in [5.74, 6) is -0.304. The largest absolute Gasteiger partial charge is 0.423 e. The molecule has 1 aromatic heterocycles. The fraction of sp³-hybridized carbons (Fsp3) is 0.118. The van der Waals surface area contributed by atoms with Gasteiger partial charge in [0.1, 0.15) is 11.4 Å². The zero-order valence-corrected chi connectivity index (χ0v) is 12.9. The molecule has 1 heterocycles. The van der Waals surface area contributed by atoms with Crippen LogP contribution in [0.15, 0.2) is 57.7 Å². The van der Waals surface area contributed by atoms with Crippen LogP contribution in [0.4, 0.5) is 4.39 Å². The molecule has 3 rings (SSSR count). The number of halogens is 2. The maximum absolute atomic E-state index is 13.1. The van der Waals surface area contributed by atoms with E-state index in [9.17, 15) is 9.18 Å². The third-order valence-electron chi connectivity index (χ3n) is 3.38. The van der Waals surface area contributed by atoms with Crippen molar-refractivity contribution in [2.45, 2.75) is 11.8 Å². The standard InChI is InChI=1S/C17H12BrFO2/c1-10(18)12-4-7-14-15(9-17(20)21-16(14)8-12)11-2-5-13(19)6-3-11/h2-10H,1H3. The van der Waals surface area contributed by atoms with Crippen LogP contribution in [0.5, 0.6) is 0 Å². The number of hydrogen-bond donors (Lipinski definition) is 0. The minimum absolute atomic E-state index is 0.168. The van der Waals surface area contributed by atoms with Crippen LogP contribution < -0.4 is 5.63 Å². The van der Waals surface area contributed by atoms with Gasteiger partial charge in [0.2, 0.25) is 0 Å². The van der Waals surface area contributed by atoms with Crippen molar-refractivity contribution in [1.82, 2.24) is 0 Å². The first kappa shape index (κ1) is 14.0.